The second-order valence-corrected chi connectivity index (χ2v) is 6.59. The number of methoxy groups -OCH3 is 1. The smallest absolute Gasteiger partial charge is 0.379 e. The highest BCUT2D eigenvalue weighted by atomic mass is 16.5. The molecule has 0 atom stereocenters. The van der Waals surface area contributed by atoms with E-state index in [-0.39, 0.29) is 22.8 Å². The van der Waals surface area contributed by atoms with Crippen LogP contribution in [0.15, 0.2) is 76.9 Å². The minimum atomic E-state index is -0.845. The van der Waals surface area contributed by atoms with Gasteiger partial charge in [-0.05, 0) is 60.2 Å². The summed E-state index contributed by atoms with van der Waals surface area (Å²) in [7, 11) is 1.50. The van der Waals surface area contributed by atoms with Gasteiger partial charge in [0.15, 0.2) is 0 Å². The van der Waals surface area contributed by atoms with Gasteiger partial charge in [0, 0.05) is 0 Å². The lowest BCUT2D eigenvalue weighted by Crippen LogP contribution is -2.54. The predicted octanol–water partition coefficient (Wildman–Crippen LogP) is 3.17. The Bertz CT molecular complexity index is 1210. The van der Waals surface area contributed by atoms with E-state index in [4.69, 9.17) is 13.9 Å². The van der Waals surface area contributed by atoms with Crippen molar-refractivity contribution in [2.75, 3.05) is 12.0 Å². The summed E-state index contributed by atoms with van der Waals surface area (Å²) in [5, 5.41) is 2.16. The van der Waals surface area contributed by atoms with Crippen molar-refractivity contribution in [3.8, 4) is 11.5 Å². The fourth-order valence-corrected chi connectivity index (χ4v) is 2.97. The minimum absolute atomic E-state index is 0.0592. The number of imide groups is 2. The van der Waals surface area contributed by atoms with Crippen LogP contribution in [0.4, 0.5) is 10.5 Å². The van der Waals surface area contributed by atoms with Crippen LogP contribution in [0.1, 0.15) is 16.1 Å². The molecule has 0 spiro atoms. The van der Waals surface area contributed by atoms with Crippen molar-refractivity contribution in [2.45, 2.75) is 0 Å². The number of barbiturate groups is 1. The van der Waals surface area contributed by atoms with Crippen LogP contribution in [0.5, 0.6) is 11.5 Å². The van der Waals surface area contributed by atoms with Gasteiger partial charge in [0.2, 0.25) is 5.76 Å². The number of anilines is 1. The quantitative estimate of drug-likeness (QED) is 0.285. The van der Waals surface area contributed by atoms with Crippen molar-refractivity contribution >= 4 is 35.6 Å². The molecule has 0 unspecified atom stereocenters. The number of urea groups is 1. The van der Waals surface area contributed by atoms with Gasteiger partial charge in [-0.3, -0.25) is 14.9 Å². The number of nitrogens with one attached hydrogen (secondary N) is 1. The normalized spacial score (nSPS) is 15.0. The summed E-state index contributed by atoms with van der Waals surface area (Å²) in [6.45, 7) is 0. The molecule has 1 aliphatic heterocycles. The van der Waals surface area contributed by atoms with Crippen LogP contribution >= 0.6 is 0 Å². The van der Waals surface area contributed by atoms with Gasteiger partial charge in [-0.25, -0.2) is 14.5 Å². The third-order valence-electron chi connectivity index (χ3n) is 4.56. The van der Waals surface area contributed by atoms with Crippen LogP contribution in [0.2, 0.25) is 0 Å². The lowest BCUT2D eigenvalue weighted by molar-refractivity contribution is -0.122. The van der Waals surface area contributed by atoms with Crippen molar-refractivity contribution in [3.05, 3.63) is 83.8 Å². The molecule has 3 aromatic rings. The molecule has 160 valence electrons. The minimum Gasteiger partial charge on any atom is -0.497 e. The van der Waals surface area contributed by atoms with E-state index in [0.29, 0.717) is 11.3 Å². The lowest BCUT2D eigenvalue weighted by Gasteiger charge is -2.26. The second kappa shape index (κ2) is 8.60. The maximum Gasteiger partial charge on any atom is 0.379 e. The third kappa shape index (κ3) is 4.12. The van der Waals surface area contributed by atoms with Crippen LogP contribution in [0, 0.1) is 0 Å². The molecule has 4 amide bonds. The average Bonchev–Trinajstić information content (AvgIpc) is 3.33. The highest BCUT2D eigenvalue weighted by Gasteiger charge is 2.36. The summed E-state index contributed by atoms with van der Waals surface area (Å²) in [5.41, 5.74) is 0.554. The number of hydrogen-bond donors (Lipinski definition) is 1. The molecule has 0 saturated carbocycles. The van der Waals surface area contributed by atoms with Crippen molar-refractivity contribution in [3.63, 3.8) is 0 Å². The van der Waals surface area contributed by atoms with Gasteiger partial charge in [0.05, 0.1) is 19.1 Å². The van der Waals surface area contributed by atoms with Gasteiger partial charge in [0.1, 0.15) is 17.1 Å². The van der Waals surface area contributed by atoms with Crippen molar-refractivity contribution in [1.29, 1.82) is 0 Å². The highest BCUT2D eigenvalue weighted by molar-refractivity contribution is 6.39. The Kier molecular flexibility index (Phi) is 5.54. The Morgan fingerprint density at radius 3 is 2.28 bits per heavy atom. The third-order valence-corrected chi connectivity index (χ3v) is 4.56. The van der Waals surface area contributed by atoms with Crippen LogP contribution < -0.4 is 19.7 Å². The zero-order chi connectivity index (χ0) is 22.7. The highest BCUT2D eigenvalue weighted by Crippen LogP contribution is 2.24. The molecule has 2 heterocycles. The molecular formula is C23H16N2O7. The first-order valence-electron chi connectivity index (χ1n) is 9.37. The van der Waals surface area contributed by atoms with Crippen molar-refractivity contribution in [1.82, 2.24) is 5.32 Å². The van der Waals surface area contributed by atoms with E-state index in [0.717, 1.165) is 4.90 Å². The molecule has 1 aliphatic rings. The van der Waals surface area contributed by atoms with Crippen LogP contribution in [0.3, 0.4) is 0 Å². The van der Waals surface area contributed by atoms with Gasteiger partial charge >= 0.3 is 12.0 Å². The number of ether oxygens (including phenoxy) is 2. The van der Waals surface area contributed by atoms with Crippen LogP contribution in [-0.2, 0) is 9.59 Å². The van der Waals surface area contributed by atoms with Crippen LogP contribution in [-0.4, -0.2) is 30.9 Å². The Labute approximate surface area is 181 Å². The van der Waals surface area contributed by atoms with Gasteiger partial charge in [0.25, 0.3) is 11.8 Å². The topological polar surface area (TPSA) is 115 Å². The number of esters is 1. The molecule has 0 bridgehead atoms. The number of carbonyl (C=O) groups excluding carboxylic acids is 4. The maximum absolute atomic E-state index is 12.9. The molecule has 1 saturated heterocycles. The number of nitrogens with zero attached hydrogens (tertiary/aromatic N) is 1. The van der Waals surface area contributed by atoms with Gasteiger partial charge in [-0.15, -0.1) is 0 Å². The van der Waals surface area contributed by atoms with E-state index < -0.39 is 23.8 Å². The van der Waals surface area contributed by atoms with Crippen molar-refractivity contribution in [2.24, 2.45) is 0 Å². The molecule has 2 aromatic carbocycles. The summed E-state index contributed by atoms with van der Waals surface area (Å²) in [5.74, 6) is -1.36. The van der Waals surface area contributed by atoms with E-state index in [1.54, 1.807) is 30.3 Å². The zero-order valence-electron chi connectivity index (χ0n) is 16.7. The predicted molar refractivity (Wildman–Crippen MR) is 112 cm³/mol. The summed E-state index contributed by atoms with van der Waals surface area (Å²) in [6, 6.07) is 14.6. The average molecular weight is 432 g/mol. The summed E-state index contributed by atoms with van der Waals surface area (Å²) < 4.78 is 15.2. The Hall–Kier alpha value is -4.66. The number of hydrogen-bond acceptors (Lipinski definition) is 7. The molecule has 0 aliphatic carbocycles. The Balaban J connectivity index is 1.55. The van der Waals surface area contributed by atoms with Gasteiger partial charge in [-0.1, -0.05) is 12.1 Å². The van der Waals surface area contributed by atoms with E-state index in [2.05, 4.69) is 5.32 Å². The lowest BCUT2D eigenvalue weighted by atomic mass is 10.1. The molecule has 1 N–H and O–H groups in total. The molecule has 32 heavy (non-hydrogen) atoms. The largest absolute Gasteiger partial charge is 0.497 e. The first-order chi connectivity index (χ1) is 15.5. The van der Waals surface area contributed by atoms with E-state index in [9.17, 15) is 19.2 Å². The number of benzene rings is 2. The summed E-state index contributed by atoms with van der Waals surface area (Å²) in [6.07, 6.45) is 2.71. The fraction of sp³-hybridized carbons (Fsp3) is 0.0435. The first-order valence-corrected chi connectivity index (χ1v) is 9.37. The number of amides is 4. The molecular weight excluding hydrogens is 416 g/mol. The molecule has 9 nitrogen and oxygen atoms in total. The number of furan rings is 1. The standard InChI is InChI=1S/C23H16N2O7/c1-30-16-10-6-15(7-11-16)25-21(27)18(20(26)24-23(25)29)13-14-4-8-17(9-5-14)32-22(28)19-3-2-12-31-19/h2-13H,1H3,(H,24,26,29). The van der Waals surface area contributed by atoms with Crippen molar-refractivity contribution < 1.29 is 33.1 Å². The van der Waals surface area contributed by atoms with E-state index in [1.807, 2.05) is 0 Å². The fourth-order valence-electron chi connectivity index (χ4n) is 2.97. The summed E-state index contributed by atoms with van der Waals surface area (Å²) >= 11 is 0. The molecule has 1 aromatic heterocycles. The Morgan fingerprint density at radius 1 is 0.969 bits per heavy atom. The number of rotatable bonds is 5. The SMILES string of the molecule is COc1ccc(N2C(=O)NC(=O)C(=Cc3ccc(OC(=O)c4ccco4)cc3)C2=O)cc1. The Morgan fingerprint density at radius 2 is 1.66 bits per heavy atom. The van der Waals surface area contributed by atoms with E-state index >= 15 is 0 Å². The van der Waals surface area contributed by atoms with Crippen LogP contribution in [0.25, 0.3) is 6.08 Å². The monoisotopic (exact) mass is 432 g/mol. The molecule has 9 heteroatoms. The molecule has 1 fully saturated rings. The number of carbonyl (C=O) groups is 4. The van der Waals surface area contributed by atoms with Gasteiger partial charge < -0.3 is 13.9 Å². The summed E-state index contributed by atoms with van der Waals surface area (Å²) in [4.78, 5) is 50.3. The second-order valence-electron chi connectivity index (χ2n) is 6.59. The van der Waals surface area contributed by atoms with E-state index in [1.165, 1.54) is 49.8 Å². The molecule has 4 rings (SSSR count). The maximum atomic E-state index is 12.9. The first kappa shape index (κ1) is 20.6. The van der Waals surface area contributed by atoms with Gasteiger partial charge in [-0.2, -0.15) is 0 Å². The molecule has 0 radical (unpaired) electrons. The zero-order valence-corrected chi connectivity index (χ0v) is 16.7.